The van der Waals surface area contributed by atoms with E-state index >= 15 is 0 Å². The summed E-state index contributed by atoms with van der Waals surface area (Å²) in [6, 6.07) is 6.58. The van der Waals surface area contributed by atoms with Gasteiger partial charge in [-0.05, 0) is 23.6 Å². The van der Waals surface area contributed by atoms with Crippen molar-refractivity contribution in [2.24, 2.45) is 11.1 Å². The minimum atomic E-state index is -0.530. The molecule has 2 N–H and O–H groups in total. The number of nitrogens with two attached hydrogens (primary N) is 1. The van der Waals surface area contributed by atoms with Gasteiger partial charge in [-0.1, -0.05) is 26.8 Å². The van der Waals surface area contributed by atoms with Crippen LogP contribution in [0.2, 0.25) is 0 Å². The maximum Gasteiger partial charge on any atom is 0.254 e. The molecule has 1 atom stereocenters. The lowest BCUT2D eigenvalue weighted by molar-refractivity contribution is -0.136. The van der Waals surface area contributed by atoms with Gasteiger partial charge < -0.3 is 20.3 Å². The molecule has 1 aromatic carbocycles. The Bertz CT molecular complexity index is 608. The summed E-state index contributed by atoms with van der Waals surface area (Å²) in [5, 5.41) is 0. The first-order valence-corrected chi connectivity index (χ1v) is 8.21. The van der Waals surface area contributed by atoms with Crippen LogP contribution in [0.15, 0.2) is 24.3 Å². The molecule has 2 rings (SSSR count). The third-order valence-corrected chi connectivity index (χ3v) is 4.39. The van der Waals surface area contributed by atoms with Crippen molar-refractivity contribution >= 4 is 24.2 Å². The fourth-order valence-electron chi connectivity index (χ4n) is 2.64. The topological polar surface area (TPSA) is 75.9 Å². The third kappa shape index (κ3) is 5.09. The van der Waals surface area contributed by atoms with Gasteiger partial charge in [0.25, 0.3) is 5.91 Å². The molecule has 25 heavy (non-hydrogen) atoms. The standard InChI is InChI=1S/C18H27N3O3.ClH/c1-18(2,3)15(19)17(23)21-10-8-20(9-11-21)16(22)13-6-5-7-14(12-13)24-4;/h5-7,12,15H,8-11,19H2,1-4H3;1H/t15-;/m1./s1. The van der Waals surface area contributed by atoms with Crippen LogP contribution in [0.3, 0.4) is 0 Å². The number of hydrogen-bond donors (Lipinski definition) is 1. The molecule has 2 amide bonds. The van der Waals surface area contributed by atoms with Crippen LogP contribution < -0.4 is 10.5 Å². The molecule has 0 spiro atoms. The van der Waals surface area contributed by atoms with E-state index in [4.69, 9.17) is 10.5 Å². The highest BCUT2D eigenvalue weighted by molar-refractivity contribution is 5.94. The number of halogens is 1. The van der Waals surface area contributed by atoms with E-state index in [1.54, 1.807) is 41.2 Å². The molecule has 0 aliphatic carbocycles. The Kier molecular flexibility index (Phi) is 7.26. The van der Waals surface area contributed by atoms with Crippen molar-refractivity contribution in [2.75, 3.05) is 33.3 Å². The Balaban J connectivity index is 0.00000312. The second-order valence-electron chi connectivity index (χ2n) is 7.19. The highest BCUT2D eigenvalue weighted by Crippen LogP contribution is 2.20. The van der Waals surface area contributed by atoms with Crippen LogP contribution in [0.4, 0.5) is 0 Å². The lowest BCUT2D eigenvalue weighted by Gasteiger charge is -2.38. The van der Waals surface area contributed by atoms with Crippen LogP contribution in [0.1, 0.15) is 31.1 Å². The number of rotatable bonds is 3. The smallest absolute Gasteiger partial charge is 0.254 e. The van der Waals surface area contributed by atoms with Crippen molar-refractivity contribution in [3.63, 3.8) is 0 Å². The Morgan fingerprint density at radius 1 is 1.12 bits per heavy atom. The van der Waals surface area contributed by atoms with Gasteiger partial charge >= 0.3 is 0 Å². The second-order valence-corrected chi connectivity index (χ2v) is 7.19. The molecule has 0 aromatic heterocycles. The Labute approximate surface area is 155 Å². The molecule has 6 nitrogen and oxygen atoms in total. The summed E-state index contributed by atoms with van der Waals surface area (Å²) in [6.45, 7) is 7.92. The minimum absolute atomic E-state index is 0. The van der Waals surface area contributed by atoms with Crippen LogP contribution in [0.25, 0.3) is 0 Å². The molecule has 1 saturated heterocycles. The molecule has 1 aromatic rings. The van der Waals surface area contributed by atoms with E-state index in [1.165, 1.54) is 0 Å². The zero-order valence-electron chi connectivity index (χ0n) is 15.3. The van der Waals surface area contributed by atoms with Crippen molar-refractivity contribution in [1.82, 2.24) is 9.80 Å². The lowest BCUT2D eigenvalue weighted by Crippen LogP contribution is -2.56. The van der Waals surface area contributed by atoms with Gasteiger partial charge in [0.2, 0.25) is 5.91 Å². The van der Waals surface area contributed by atoms with Crippen LogP contribution in [0.5, 0.6) is 5.75 Å². The molecule has 1 fully saturated rings. The average molecular weight is 370 g/mol. The van der Waals surface area contributed by atoms with Gasteiger partial charge in [-0.3, -0.25) is 9.59 Å². The van der Waals surface area contributed by atoms with Gasteiger partial charge in [-0.15, -0.1) is 12.4 Å². The van der Waals surface area contributed by atoms with Crippen molar-refractivity contribution < 1.29 is 14.3 Å². The van der Waals surface area contributed by atoms with Gasteiger partial charge in [0, 0.05) is 31.7 Å². The maximum atomic E-state index is 12.6. The summed E-state index contributed by atoms with van der Waals surface area (Å²) in [6.07, 6.45) is 0. The van der Waals surface area contributed by atoms with E-state index in [0.29, 0.717) is 37.5 Å². The molecule has 0 saturated carbocycles. The fraction of sp³-hybridized carbons (Fsp3) is 0.556. The number of benzene rings is 1. The van der Waals surface area contributed by atoms with E-state index in [1.807, 2.05) is 20.8 Å². The summed E-state index contributed by atoms with van der Waals surface area (Å²) in [5.74, 6) is 0.572. The number of carbonyl (C=O) groups excluding carboxylic acids is 2. The Morgan fingerprint density at radius 2 is 1.68 bits per heavy atom. The number of piperazine rings is 1. The largest absolute Gasteiger partial charge is 0.497 e. The summed E-state index contributed by atoms with van der Waals surface area (Å²) in [5.41, 5.74) is 6.38. The summed E-state index contributed by atoms with van der Waals surface area (Å²) >= 11 is 0. The zero-order chi connectivity index (χ0) is 17.9. The molecule has 0 bridgehead atoms. The highest BCUT2D eigenvalue weighted by atomic mass is 35.5. The van der Waals surface area contributed by atoms with Crippen LogP contribution in [-0.2, 0) is 4.79 Å². The molecular formula is C18H28ClN3O3. The third-order valence-electron chi connectivity index (χ3n) is 4.39. The molecule has 1 aliphatic rings. The second kappa shape index (κ2) is 8.54. The predicted molar refractivity (Wildman–Crippen MR) is 100 cm³/mol. The molecule has 140 valence electrons. The Morgan fingerprint density at radius 3 is 2.20 bits per heavy atom. The SMILES string of the molecule is COc1cccc(C(=O)N2CCN(C(=O)[C@@H](N)C(C)(C)C)CC2)c1.Cl. The highest BCUT2D eigenvalue weighted by Gasteiger charge is 2.33. The van der Waals surface area contributed by atoms with Crippen LogP contribution >= 0.6 is 12.4 Å². The molecule has 0 unspecified atom stereocenters. The summed E-state index contributed by atoms with van der Waals surface area (Å²) in [7, 11) is 1.58. The van der Waals surface area contributed by atoms with Crippen molar-refractivity contribution in [1.29, 1.82) is 0 Å². The quantitative estimate of drug-likeness (QED) is 0.881. The number of carbonyl (C=O) groups is 2. The Hall–Kier alpha value is -1.79. The monoisotopic (exact) mass is 369 g/mol. The van der Waals surface area contributed by atoms with E-state index in [0.717, 1.165) is 0 Å². The predicted octanol–water partition coefficient (Wildman–Crippen LogP) is 1.77. The first kappa shape index (κ1) is 21.3. The molecular weight excluding hydrogens is 342 g/mol. The summed E-state index contributed by atoms with van der Waals surface area (Å²) in [4.78, 5) is 28.6. The van der Waals surface area contributed by atoms with Gasteiger partial charge in [0.15, 0.2) is 0 Å². The lowest BCUT2D eigenvalue weighted by atomic mass is 9.86. The van der Waals surface area contributed by atoms with Crippen molar-refractivity contribution in [3.8, 4) is 5.75 Å². The minimum Gasteiger partial charge on any atom is -0.497 e. The normalized spacial score (nSPS) is 16.0. The molecule has 1 heterocycles. The van der Waals surface area contributed by atoms with E-state index in [2.05, 4.69) is 0 Å². The zero-order valence-corrected chi connectivity index (χ0v) is 16.1. The van der Waals surface area contributed by atoms with Crippen LogP contribution in [-0.4, -0.2) is 60.9 Å². The van der Waals surface area contributed by atoms with E-state index in [-0.39, 0.29) is 29.6 Å². The number of amides is 2. The van der Waals surface area contributed by atoms with Crippen LogP contribution in [0, 0.1) is 5.41 Å². The fourth-order valence-corrected chi connectivity index (χ4v) is 2.64. The van der Waals surface area contributed by atoms with Gasteiger partial charge in [0.1, 0.15) is 5.75 Å². The number of ether oxygens (including phenoxy) is 1. The van der Waals surface area contributed by atoms with Gasteiger partial charge in [-0.25, -0.2) is 0 Å². The first-order valence-electron chi connectivity index (χ1n) is 8.21. The van der Waals surface area contributed by atoms with Crippen molar-refractivity contribution in [3.05, 3.63) is 29.8 Å². The van der Waals surface area contributed by atoms with Gasteiger partial charge in [0.05, 0.1) is 13.2 Å². The maximum absolute atomic E-state index is 12.6. The number of nitrogens with zero attached hydrogens (tertiary/aromatic N) is 2. The van der Waals surface area contributed by atoms with E-state index in [9.17, 15) is 9.59 Å². The van der Waals surface area contributed by atoms with Crippen molar-refractivity contribution in [2.45, 2.75) is 26.8 Å². The number of methoxy groups -OCH3 is 1. The molecule has 0 radical (unpaired) electrons. The summed E-state index contributed by atoms with van der Waals surface area (Å²) < 4.78 is 5.16. The van der Waals surface area contributed by atoms with Gasteiger partial charge in [-0.2, -0.15) is 0 Å². The number of hydrogen-bond acceptors (Lipinski definition) is 4. The van der Waals surface area contributed by atoms with E-state index < -0.39 is 6.04 Å². The molecule has 1 aliphatic heterocycles. The average Bonchev–Trinajstić information content (AvgIpc) is 2.59. The first-order chi connectivity index (χ1) is 11.2. The molecule has 7 heteroatoms.